The van der Waals surface area contributed by atoms with Gasteiger partial charge in [-0.25, -0.2) is 0 Å². The molecule has 0 aromatic carbocycles. The number of ketones is 2. The first-order valence-corrected chi connectivity index (χ1v) is 18.5. The minimum absolute atomic E-state index is 0.108. The van der Waals surface area contributed by atoms with Crippen molar-refractivity contribution in [3.05, 3.63) is 35.6 Å². The molecule has 12 heteroatoms. The third-order valence-corrected chi connectivity index (χ3v) is 13.1. The van der Waals surface area contributed by atoms with Gasteiger partial charge >= 0.3 is 0 Å². The van der Waals surface area contributed by atoms with Gasteiger partial charge in [-0.1, -0.05) is 37.5 Å². The molecule has 2 bridgehead atoms. The van der Waals surface area contributed by atoms with Gasteiger partial charge in [-0.3, -0.25) is 9.59 Å². The number of piperidine rings is 1. The largest absolute Gasteiger partial charge is 0.512 e. The summed E-state index contributed by atoms with van der Waals surface area (Å²) in [6.45, 7) is 0.194. The van der Waals surface area contributed by atoms with Crippen LogP contribution in [0.15, 0.2) is 35.6 Å². The molecule has 15 unspecified atom stereocenters. The molecule has 49 heavy (non-hydrogen) atoms. The average molecular weight is 687 g/mol. The molecule has 0 aromatic rings. The summed E-state index contributed by atoms with van der Waals surface area (Å²) in [5.74, 6) is -3.77. The van der Waals surface area contributed by atoms with Gasteiger partial charge in [-0.05, 0) is 87.3 Å². The molecule has 12 nitrogen and oxygen atoms in total. The number of nitrogens with one attached hydrogen (secondary N) is 1. The smallest absolute Gasteiger partial charge is 0.188 e. The van der Waals surface area contributed by atoms with Crippen molar-refractivity contribution in [2.45, 2.75) is 113 Å². The van der Waals surface area contributed by atoms with Crippen LogP contribution in [0.5, 0.6) is 0 Å². The molecule has 9 N–H and O–H groups in total. The summed E-state index contributed by atoms with van der Waals surface area (Å²) in [5.41, 5.74) is 3.11. The zero-order valence-corrected chi connectivity index (χ0v) is 28.1. The minimum Gasteiger partial charge on any atom is -0.512 e. The van der Waals surface area contributed by atoms with Crippen molar-refractivity contribution in [1.29, 1.82) is 0 Å². The van der Waals surface area contributed by atoms with E-state index >= 15 is 0 Å². The Morgan fingerprint density at radius 3 is 2.53 bits per heavy atom. The van der Waals surface area contributed by atoms with E-state index in [0.29, 0.717) is 51.0 Å². The van der Waals surface area contributed by atoms with Crippen LogP contribution in [0, 0.1) is 47.3 Å². The first-order valence-electron chi connectivity index (χ1n) is 18.5. The molecule has 0 aromatic heterocycles. The van der Waals surface area contributed by atoms with Crippen molar-refractivity contribution in [2.24, 2.45) is 53.1 Å². The molecule has 5 aliphatic carbocycles. The van der Waals surface area contributed by atoms with Crippen LogP contribution in [0.1, 0.15) is 70.6 Å². The van der Waals surface area contributed by atoms with Crippen molar-refractivity contribution in [3.8, 4) is 0 Å². The number of nitrogens with two attached hydrogens (primary N) is 1. The minimum atomic E-state index is -2.12. The summed E-state index contributed by atoms with van der Waals surface area (Å²) >= 11 is 0. The topological polar surface area (TPSA) is 212 Å². The number of Topliss-reactive ketones (excluding diaryl/α,β-unsaturated/α-hetero) is 2. The van der Waals surface area contributed by atoms with Crippen LogP contribution < -0.4 is 11.1 Å². The standard InChI is InChI=1S/C37H54N2O10/c38-28-16-20(8-10-39-28)13-23-7-9-36(18-41)35(46)37(23,47)33(45)34(49-36)48-27-6-2-5-24-30(27)32(44)29-25(31(24)43)14-22(15-26(29)42)12-19-3-1-4-21(11-19)17-40/h7,9,14-15,19-21,23-25,27-30,33-35,39-42,45-47H,1-6,8,10-13,16-18,38H2. The Morgan fingerprint density at radius 1 is 1.00 bits per heavy atom. The lowest BCUT2D eigenvalue weighted by molar-refractivity contribution is -0.375. The molecule has 0 radical (unpaired) electrons. The van der Waals surface area contributed by atoms with Crippen LogP contribution in [0.4, 0.5) is 0 Å². The molecule has 2 saturated heterocycles. The predicted octanol–water partition coefficient (Wildman–Crippen LogP) is 1.14. The Bertz CT molecular complexity index is 1370. The first-order chi connectivity index (χ1) is 23.5. The Morgan fingerprint density at radius 2 is 1.78 bits per heavy atom. The molecule has 5 fully saturated rings. The molecule has 0 spiro atoms. The summed E-state index contributed by atoms with van der Waals surface area (Å²) in [4.78, 5) is 28.3. The summed E-state index contributed by atoms with van der Waals surface area (Å²) in [6, 6.07) is 0. The number of fused-ring (bicyclic) bond motifs is 4. The number of aliphatic hydroxyl groups is 6. The first kappa shape index (κ1) is 35.4. The van der Waals surface area contributed by atoms with Crippen LogP contribution in [-0.2, 0) is 19.1 Å². The Hall–Kier alpha value is -2.00. The number of carbonyl (C=O) groups is 2. The highest BCUT2D eigenvalue weighted by atomic mass is 16.7. The van der Waals surface area contributed by atoms with E-state index in [4.69, 9.17) is 15.2 Å². The van der Waals surface area contributed by atoms with Gasteiger partial charge in [0.15, 0.2) is 12.1 Å². The van der Waals surface area contributed by atoms with Crippen molar-refractivity contribution in [1.82, 2.24) is 5.32 Å². The molecule has 15 atom stereocenters. The predicted molar refractivity (Wildman–Crippen MR) is 176 cm³/mol. The summed E-state index contributed by atoms with van der Waals surface area (Å²) in [6.07, 6.45) is 8.83. The van der Waals surface area contributed by atoms with Gasteiger partial charge in [0.1, 0.15) is 35.0 Å². The van der Waals surface area contributed by atoms with Crippen molar-refractivity contribution in [2.75, 3.05) is 19.8 Å². The number of hydrogen-bond donors (Lipinski definition) is 8. The molecule has 3 saturated carbocycles. The van der Waals surface area contributed by atoms with E-state index in [1.807, 2.05) is 6.08 Å². The molecular formula is C37H54N2O10. The van der Waals surface area contributed by atoms with Crippen molar-refractivity contribution < 1.29 is 49.7 Å². The maximum Gasteiger partial charge on any atom is 0.188 e. The van der Waals surface area contributed by atoms with E-state index in [1.54, 1.807) is 12.2 Å². The molecule has 2 heterocycles. The van der Waals surface area contributed by atoms with Gasteiger partial charge in [-0.2, -0.15) is 0 Å². The van der Waals surface area contributed by atoms with E-state index in [2.05, 4.69) is 5.32 Å². The molecular weight excluding hydrogens is 632 g/mol. The lowest BCUT2D eigenvalue weighted by Gasteiger charge is -2.58. The highest BCUT2D eigenvalue weighted by Gasteiger charge is 2.66. The number of allylic oxidation sites excluding steroid dienone is 4. The number of carbonyl (C=O) groups excluding carboxylic acids is 2. The summed E-state index contributed by atoms with van der Waals surface area (Å²) < 4.78 is 12.5. The van der Waals surface area contributed by atoms with Gasteiger partial charge < -0.3 is 51.2 Å². The molecule has 272 valence electrons. The molecule has 0 amide bonds. The van der Waals surface area contributed by atoms with Crippen molar-refractivity contribution in [3.63, 3.8) is 0 Å². The monoisotopic (exact) mass is 686 g/mol. The van der Waals surface area contributed by atoms with Gasteiger partial charge in [-0.15, -0.1) is 0 Å². The molecule has 7 rings (SSSR count). The SMILES string of the molecule is NC1CC(CC2C=CC3(CO)OC(OC4CCCC5C(=O)C6C=C(CC7CCCC(CO)C7)C=C(O)C6C(=O)C45)C(O)C2(O)C3O)CCN1. The lowest BCUT2D eigenvalue weighted by Crippen LogP contribution is -2.76. The van der Waals surface area contributed by atoms with Crippen LogP contribution >= 0.6 is 0 Å². The van der Waals surface area contributed by atoms with Crippen LogP contribution in [-0.4, -0.2) is 104 Å². The maximum atomic E-state index is 14.2. The molecule has 7 aliphatic rings. The third kappa shape index (κ3) is 6.18. The maximum absolute atomic E-state index is 14.2. The second kappa shape index (κ2) is 13.9. The van der Waals surface area contributed by atoms with E-state index in [1.165, 1.54) is 6.08 Å². The van der Waals surface area contributed by atoms with Crippen LogP contribution in [0.25, 0.3) is 0 Å². The summed E-state index contributed by atoms with van der Waals surface area (Å²) in [7, 11) is 0. The number of aliphatic hydroxyl groups excluding tert-OH is 5. The average Bonchev–Trinajstić information content (AvgIpc) is 3.09. The normalized spacial score (nSPS) is 48.3. The highest BCUT2D eigenvalue weighted by Crippen LogP contribution is 2.51. The van der Waals surface area contributed by atoms with Crippen LogP contribution in [0.3, 0.4) is 0 Å². The Balaban J connectivity index is 1.10. The number of rotatable bonds is 8. The van der Waals surface area contributed by atoms with Gasteiger partial charge in [0, 0.05) is 18.4 Å². The Labute approximate surface area is 287 Å². The van der Waals surface area contributed by atoms with E-state index in [0.717, 1.165) is 37.7 Å². The van der Waals surface area contributed by atoms with Gasteiger partial charge in [0.2, 0.25) is 0 Å². The lowest BCUT2D eigenvalue weighted by atomic mass is 9.59. The highest BCUT2D eigenvalue weighted by molar-refractivity contribution is 6.02. The fourth-order valence-electron chi connectivity index (χ4n) is 10.5. The molecule has 2 aliphatic heterocycles. The second-order valence-electron chi connectivity index (χ2n) is 16.1. The zero-order chi connectivity index (χ0) is 34.7. The van der Waals surface area contributed by atoms with E-state index < -0.39 is 72.0 Å². The van der Waals surface area contributed by atoms with Gasteiger partial charge in [0.05, 0.1) is 36.6 Å². The fraction of sp³-hybridized carbons (Fsp3) is 0.784. The fourth-order valence-corrected chi connectivity index (χ4v) is 10.5. The number of ether oxygens (including phenoxy) is 2. The van der Waals surface area contributed by atoms with Crippen molar-refractivity contribution >= 4 is 11.6 Å². The Kier molecular flexibility index (Phi) is 10.0. The summed E-state index contributed by atoms with van der Waals surface area (Å²) in [5, 5.41) is 69.8. The number of hydrogen-bond acceptors (Lipinski definition) is 12. The third-order valence-electron chi connectivity index (χ3n) is 13.1. The van der Waals surface area contributed by atoms with E-state index in [-0.39, 0.29) is 41.9 Å². The van der Waals surface area contributed by atoms with E-state index in [9.17, 15) is 40.2 Å². The quantitative estimate of drug-likeness (QED) is 0.169. The zero-order valence-electron chi connectivity index (χ0n) is 28.1. The van der Waals surface area contributed by atoms with Crippen LogP contribution in [0.2, 0.25) is 0 Å². The van der Waals surface area contributed by atoms with Gasteiger partial charge in [0.25, 0.3) is 0 Å². The second-order valence-corrected chi connectivity index (χ2v) is 16.1.